The van der Waals surface area contributed by atoms with E-state index in [1.807, 2.05) is 103 Å². The first-order valence-corrected chi connectivity index (χ1v) is 13.2. The van der Waals surface area contributed by atoms with Crippen LogP contribution >= 0.6 is 7.14 Å². The number of hydrogen-bond acceptors (Lipinski definition) is 5. The molecule has 0 aliphatic rings. The predicted octanol–water partition coefficient (Wildman–Crippen LogP) is 6.08. The highest BCUT2D eigenvalue weighted by molar-refractivity contribution is 7.85. The van der Waals surface area contributed by atoms with E-state index < -0.39 is 7.14 Å². The minimum atomic E-state index is -3.14. The highest BCUT2D eigenvalue weighted by atomic mass is 31.2. The van der Waals surface area contributed by atoms with Crippen LogP contribution in [0.25, 0.3) is 0 Å². The summed E-state index contributed by atoms with van der Waals surface area (Å²) in [5.41, 5.74) is 12.9. The van der Waals surface area contributed by atoms with Crippen LogP contribution < -0.4 is 36.9 Å². The fraction of sp³-hybridized carbons (Fsp3) is 0. The van der Waals surface area contributed by atoms with Gasteiger partial charge in [0.2, 0.25) is 0 Å². The maximum Gasteiger partial charge on any atom is 0.171 e. The number of benzene rings is 5. The van der Waals surface area contributed by atoms with Gasteiger partial charge in [-0.1, -0.05) is 30.3 Å². The molecule has 5 aromatic rings. The minimum absolute atomic E-state index is 0.648. The van der Waals surface area contributed by atoms with E-state index in [-0.39, 0.29) is 0 Å². The van der Waals surface area contributed by atoms with Gasteiger partial charge in [-0.15, -0.1) is 0 Å². The van der Waals surface area contributed by atoms with Gasteiger partial charge in [-0.2, -0.15) is 0 Å². The average molecular weight is 493 g/mol. The van der Waals surface area contributed by atoms with E-state index in [0.717, 1.165) is 5.30 Å². The van der Waals surface area contributed by atoms with Crippen molar-refractivity contribution in [2.75, 3.05) is 11.5 Å². The van der Waals surface area contributed by atoms with Crippen LogP contribution in [0.1, 0.15) is 0 Å². The quantitative estimate of drug-likeness (QED) is 0.213. The van der Waals surface area contributed by atoms with Gasteiger partial charge in [0.1, 0.15) is 23.0 Å². The largest absolute Gasteiger partial charge is 0.457 e. The van der Waals surface area contributed by atoms with E-state index in [0.29, 0.717) is 45.0 Å². The highest BCUT2D eigenvalue weighted by Crippen LogP contribution is 2.43. The molecular weight excluding hydrogens is 467 g/mol. The molecule has 0 amide bonds. The summed E-state index contributed by atoms with van der Waals surface area (Å²) in [5.74, 6) is 2.66. The summed E-state index contributed by atoms with van der Waals surface area (Å²) < 4.78 is 26.6. The molecule has 36 heavy (non-hydrogen) atoms. The molecule has 0 saturated heterocycles. The third-order valence-electron chi connectivity index (χ3n) is 5.75. The van der Waals surface area contributed by atoms with Crippen molar-refractivity contribution in [1.82, 2.24) is 0 Å². The molecule has 0 aromatic heterocycles. The first-order chi connectivity index (χ1) is 17.5. The van der Waals surface area contributed by atoms with Crippen molar-refractivity contribution in [3.05, 3.63) is 127 Å². The summed E-state index contributed by atoms with van der Waals surface area (Å²) in [4.78, 5) is 0. The number of anilines is 2. The van der Waals surface area contributed by atoms with E-state index in [1.165, 1.54) is 0 Å². The summed E-state index contributed by atoms with van der Waals surface area (Å²) in [5, 5.41) is 2.18. The second-order valence-corrected chi connectivity index (χ2v) is 11.0. The van der Waals surface area contributed by atoms with Crippen molar-refractivity contribution in [1.29, 1.82) is 0 Å². The van der Waals surface area contributed by atoms with Crippen LogP contribution in [0.3, 0.4) is 0 Å². The van der Waals surface area contributed by atoms with E-state index in [9.17, 15) is 4.57 Å². The van der Waals surface area contributed by atoms with Crippen molar-refractivity contribution >= 4 is 34.4 Å². The lowest BCUT2D eigenvalue weighted by Gasteiger charge is -2.20. The summed E-state index contributed by atoms with van der Waals surface area (Å²) in [6.07, 6.45) is 0. The molecule has 0 heterocycles. The Morgan fingerprint density at radius 1 is 0.417 bits per heavy atom. The normalized spacial score (nSPS) is 11.1. The summed E-state index contributed by atoms with van der Waals surface area (Å²) in [6, 6.07) is 38.7. The molecule has 0 radical (unpaired) electrons. The molecule has 0 aliphatic heterocycles. The zero-order valence-electron chi connectivity index (χ0n) is 19.5. The summed E-state index contributed by atoms with van der Waals surface area (Å²) >= 11 is 0. The fourth-order valence-corrected chi connectivity index (χ4v) is 6.50. The van der Waals surface area contributed by atoms with Gasteiger partial charge in [-0.25, -0.2) is 0 Å². The molecule has 0 saturated carbocycles. The Balaban J connectivity index is 1.45. The maximum atomic E-state index is 14.7. The van der Waals surface area contributed by atoms with Crippen LogP contribution in [0.5, 0.6) is 23.0 Å². The van der Waals surface area contributed by atoms with Gasteiger partial charge in [0.15, 0.2) is 7.14 Å². The Morgan fingerprint density at radius 2 is 0.722 bits per heavy atom. The number of rotatable bonds is 7. The lowest BCUT2D eigenvalue weighted by molar-refractivity contribution is 0.482. The van der Waals surface area contributed by atoms with Gasteiger partial charge in [0.05, 0.1) is 0 Å². The second kappa shape index (κ2) is 10.0. The van der Waals surface area contributed by atoms with Crippen molar-refractivity contribution in [3.63, 3.8) is 0 Å². The third kappa shape index (κ3) is 4.97. The zero-order chi connectivity index (χ0) is 25.0. The SMILES string of the molecule is Nc1ccc(Oc2ccc(P(=O)(c3ccccc3)c3ccc(Oc4ccc(N)cc4)cc3)cc2)cc1. The van der Waals surface area contributed by atoms with E-state index in [4.69, 9.17) is 20.9 Å². The van der Waals surface area contributed by atoms with Crippen molar-refractivity contribution < 1.29 is 14.0 Å². The monoisotopic (exact) mass is 492 g/mol. The predicted molar refractivity (Wildman–Crippen MR) is 148 cm³/mol. The first kappa shape index (κ1) is 23.3. The molecule has 5 aromatic carbocycles. The number of nitrogens with two attached hydrogens (primary N) is 2. The number of hydrogen-bond donors (Lipinski definition) is 2. The Kier molecular flexibility index (Phi) is 6.48. The van der Waals surface area contributed by atoms with Gasteiger partial charge in [-0.05, 0) is 97.1 Å². The highest BCUT2D eigenvalue weighted by Gasteiger charge is 2.29. The molecule has 0 unspecified atom stereocenters. The minimum Gasteiger partial charge on any atom is -0.457 e. The van der Waals surface area contributed by atoms with Gasteiger partial charge in [0.25, 0.3) is 0 Å². The molecule has 0 aliphatic carbocycles. The second-order valence-electron chi connectivity index (χ2n) is 8.27. The molecule has 4 N–H and O–H groups in total. The van der Waals surface area contributed by atoms with Gasteiger partial charge >= 0.3 is 0 Å². The lowest BCUT2D eigenvalue weighted by Crippen LogP contribution is -2.24. The molecule has 6 heteroatoms. The standard InChI is InChI=1S/C30H25N2O3P/c31-22-6-10-24(11-7-22)34-26-14-18-29(19-15-26)36(33,28-4-2-1-3-5-28)30-20-16-27(17-21-30)35-25-12-8-23(32)9-13-25/h1-21H,31-32H2. The van der Waals surface area contributed by atoms with E-state index in [1.54, 1.807) is 24.3 Å². The number of nitrogen functional groups attached to an aromatic ring is 2. The van der Waals surface area contributed by atoms with Crippen LogP contribution in [0, 0.1) is 0 Å². The Bertz CT molecular complexity index is 1390. The van der Waals surface area contributed by atoms with E-state index in [2.05, 4.69) is 0 Å². The van der Waals surface area contributed by atoms with Gasteiger partial charge in [0, 0.05) is 27.3 Å². The maximum absolute atomic E-state index is 14.7. The fourth-order valence-electron chi connectivity index (χ4n) is 3.88. The summed E-state index contributed by atoms with van der Waals surface area (Å²) in [6.45, 7) is 0. The van der Waals surface area contributed by atoms with Crippen LogP contribution in [0.2, 0.25) is 0 Å². The van der Waals surface area contributed by atoms with Crippen LogP contribution in [-0.2, 0) is 4.57 Å². The van der Waals surface area contributed by atoms with Crippen molar-refractivity contribution in [2.45, 2.75) is 0 Å². The topological polar surface area (TPSA) is 87.6 Å². The van der Waals surface area contributed by atoms with Gasteiger partial charge in [-0.3, -0.25) is 0 Å². The lowest BCUT2D eigenvalue weighted by atomic mass is 10.3. The average Bonchev–Trinajstić information content (AvgIpc) is 2.92. The molecular formula is C30H25N2O3P. The molecule has 0 atom stereocenters. The Morgan fingerprint density at radius 3 is 1.08 bits per heavy atom. The summed E-state index contributed by atoms with van der Waals surface area (Å²) in [7, 11) is -3.14. The third-order valence-corrected chi connectivity index (χ3v) is 8.83. The van der Waals surface area contributed by atoms with Crippen LogP contribution in [0.15, 0.2) is 127 Å². The first-order valence-electron chi connectivity index (χ1n) is 11.4. The Hall–Kier alpha value is -4.47. The molecule has 0 spiro atoms. The van der Waals surface area contributed by atoms with Crippen LogP contribution in [-0.4, -0.2) is 0 Å². The molecule has 5 nitrogen and oxygen atoms in total. The van der Waals surface area contributed by atoms with Gasteiger partial charge < -0.3 is 25.5 Å². The molecule has 5 rings (SSSR count). The Labute approximate surface area is 210 Å². The number of ether oxygens (including phenoxy) is 2. The smallest absolute Gasteiger partial charge is 0.171 e. The zero-order valence-corrected chi connectivity index (χ0v) is 20.3. The van der Waals surface area contributed by atoms with Crippen molar-refractivity contribution in [2.24, 2.45) is 0 Å². The molecule has 0 fully saturated rings. The molecule has 0 bridgehead atoms. The van der Waals surface area contributed by atoms with Crippen molar-refractivity contribution in [3.8, 4) is 23.0 Å². The molecule has 178 valence electrons. The van der Waals surface area contributed by atoms with E-state index >= 15 is 0 Å². The van der Waals surface area contributed by atoms with Crippen LogP contribution in [0.4, 0.5) is 11.4 Å².